The van der Waals surface area contributed by atoms with Crippen molar-refractivity contribution in [1.82, 2.24) is 14.6 Å². The molecule has 0 N–H and O–H groups in total. The first-order chi connectivity index (χ1) is 14.6. The maximum atomic E-state index is 12.8. The quantitative estimate of drug-likeness (QED) is 0.453. The van der Waals surface area contributed by atoms with E-state index in [1.54, 1.807) is 0 Å². The molecule has 0 bridgehead atoms. The molecule has 0 aliphatic carbocycles. The summed E-state index contributed by atoms with van der Waals surface area (Å²) in [6.45, 7) is 7.18. The van der Waals surface area contributed by atoms with Crippen LogP contribution in [0.25, 0.3) is 22.4 Å². The number of hydrogen-bond acceptors (Lipinski definition) is 6. The van der Waals surface area contributed by atoms with Crippen LogP contribution in [0.15, 0.2) is 47.3 Å². The molecular formula is C23H23N3O3S. The minimum absolute atomic E-state index is 0.175. The maximum Gasteiger partial charge on any atom is 0.291 e. The van der Waals surface area contributed by atoms with Crippen LogP contribution in [0.3, 0.4) is 0 Å². The van der Waals surface area contributed by atoms with Gasteiger partial charge in [0.05, 0.1) is 17.7 Å². The summed E-state index contributed by atoms with van der Waals surface area (Å²) < 4.78 is 13.4. The molecule has 2 aromatic heterocycles. The van der Waals surface area contributed by atoms with Gasteiger partial charge in [-0.1, -0.05) is 48.1 Å². The van der Waals surface area contributed by atoms with Gasteiger partial charge in [0.2, 0.25) is 4.96 Å². The van der Waals surface area contributed by atoms with Gasteiger partial charge in [-0.15, -0.1) is 5.10 Å². The topological polar surface area (TPSA) is 65.7 Å². The summed E-state index contributed by atoms with van der Waals surface area (Å²) in [5.74, 6) is 1.95. The molecule has 0 aliphatic rings. The third-order valence-electron chi connectivity index (χ3n) is 4.49. The average molecular weight is 422 g/mol. The fourth-order valence-corrected chi connectivity index (χ4v) is 4.01. The van der Waals surface area contributed by atoms with Gasteiger partial charge >= 0.3 is 0 Å². The SMILES string of the molecule is CCCOc1ccc(/C=c2\sc3nc(-c4cccc(C)c4)nn3c2=O)cc1OCC. The van der Waals surface area contributed by atoms with Gasteiger partial charge in [-0.25, -0.2) is 0 Å². The number of hydrogen-bond donors (Lipinski definition) is 0. The Labute approximate surface area is 178 Å². The normalized spacial score (nSPS) is 11.9. The fourth-order valence-electron chi connectivity index (χ4n) is 3.11. The minimum Gasteiger partial charge on any atom is -0.490 e. The van der Waals surface area contributed by atoms with Crippen molar-refractivity contribution in [2.45, 2.75) is 27.2 Å². The molecule has 2 aromatic carbocycles. The van der Waals surface area contributed by atoms with Crippen LogP contribution in [0.1, 0.15) is 31.4 Å². The first-order valence-corrected chi connectivity index (χ1v) is 10.8. The molecule has 30 heavy (non-hydrogen) atoms. The zero-order valence-electron chi connectivity index (χ0n) is 17.2. The highest BCUT2D eigenvalue weighted by Crippen LogP contribution is 2.29. The van der Waals surface area contributed by atoms with Crippen LogP contribution in [0.4, 0.5) is 0 Å². The van der Waals surface area contributed by atoms with Crippen molar-refractivity contribution in [2.75, 3.05) is 13.2 Å². The lowest BCUT2D eigenvalue weighted by Gasteiger charge is -2.11. The summed E-state index contributed by atoms with van der Waals surface area (Å²) in [4.78, 5) is 18.0. The molecule has 0 saturated heterocycles. The van der Waals surface area contributed by atoms with E-state index in [2.05, 4.69) is 17.0 Å². The molecule has 7 heteroatoms. The van der Waals surface area contributed by atoms with E-state index >= 15 is 0 Å². The van der Waals surface area contributed by atoms with Crippen molar-refractivity contribution in [1.29, 1.82) is 0 Å². The average Bonchev–Trinajstić information content (AvgIpc) is 3.27. The second kappa shape index (κ2) is 8.67. The van der Waals surface area contributed by atoms with Crippen LogP contribution >= 0.6 is 11.3 Å². The van der Waals surface area contributed by atoms with Gasteiger partial charge in [0, 0.05) is 5.56 Å². The molecule has 0 saturated carbocycles. The number of benzene rings is 2. The third kappa shape index (κ3) is 4.07. The minimum atomic E-state index is -0.175. The monoisotopic (exact) mass is 421 g/mol. The summed E-state index contributed by atoms with van der Waals surface area (Å²) >= 11 is 1.32. The van der Waals surface area contributed by atoms with E-state index in [1.807, 2.05) is 62.4 Å². The van der Waals surface area contributed by atoms with Gasteiger partial charge in [0.1, 0.15) is 0 Å². The Balaban J connectivity index is 1.71. The molecule has 0 fully saturated rings. The highest BCUT2D eigenvalue weighted by Gasteiger charge is 2.12. The summed E-state index contributed by atoms with van der Waals surface area (Å²) in [5.41, 5.74) is 2.71. The largest absolute Gasteiger partial charge is 0.490 e. The van der Waals surface area contributed by atoms with Crippen LogP contribution in [0.5, 0.6) is 11.5 Å². The maximum absolute atomic E-state index is 12.8. The Kier molecular flexibility index (Phi) is 5.81. The van der Waals surface area contributed by atoms with Crippen LogP contribution in [0.2, 0.25) is 0 Å². The molecular weight excluding hydrogens is 398 g/mol. The number of aryl methyl sites for hydroxylation is 1. The van der Waals surface area contributed by atoms with Crippen molar-refractivity contribution in [3.8, 4) is 22.9 Å². The van der Waals surface area contributed by atoms with E-state index in [9.17, 15) is 4.79 Å². The molecule has 4 aromatic rings. The molecule has 2 heterocycles. The van der Waals surface area contributed by atoms with Crippen molar-refractivity contribution in [2.24, 2.45) is 0 Å². The highest BCUT2D eigenvalue weighted by atomic mass is 32.1. The van der Waals surface area contributed by atoms with Crippen LogP contribution in [-0.2, 0) is 0 Å². The van der Waals surface area contributed by atoms with E-state index in [1.165, 1.54) is 15.9 Å². The predicted molar refractivity (Wildman–Crippen MR) is 119 cm³/mol. The van der Waals surface area contributed by atoms with Gasteiger partial charge in [0.15, 0.2) is 17.3 Å². The van der Waals surface area contributed by atoms with Gasteiger partial charge in [-0.2, -0.15) is 9.50 Å². The second-order valence-corrected chi connectivity index (χ2v) is 7.91. The second-order valence-electron chi connectivity index (χ2n) is 6.90. The summed E-state index contributed by atoms with van der Waals surface area (Å²) in [6, 6.07) is 13.6. The number of nitrogens with zero attached hydrogens (tertiary/aromatic N) is 3. The third-order valence-corrected chi connectivity index (χ3v) is 5.44. The number of aromatic nitrogens is 3. The molecule has 0 spiro atoms. The van der Waals surface area contributed by atoms with Crippen molar-refractivity contribution < 1.29 is 9.47 Å². The Morgan fingerprint density at radius 3 is 2.70 bits per heavy atom. The van der Waals surface area contributed by atoms with E-state index in [0.29, 0.717) is 40.0 Å². The molecule has 0 amide bonds. The summed E-state index contributed by atoms with van der Waals surface area (Å²) in [5, 5.41) is 4.42. The molecule has 6 nitrogen and oxygen atoms in total. The van der Waals surface area contributed by atoms with Gasteiger partial charge < -0.3 is 9.47 Å². The Morgan fingerprint density at radius 1 is 1.10 bits per heavy atom. The smallest absolute Gasteiger partial charge is 0.291 e. The first kappa shape index (κ1) is 20.1. The van der Waals surface area contributed by atoms with Gasteiger partial charge in [0.25, 0.3) is 5.56 Å². The van der Waals surface area contributed by atoms with Gasteiger partial charge in [-0.05, 0) is 50.1 Å². The summed E-state index contributed by atoms with van der Waals surface area (Å²) in [6.07, 6.45) is 2.76. The van der Waals surface area contributed by atoms with Crippen LogP contribution < -0.4 is 19.6 Å². The van der Waals surface area contributed by atoms with Crippen molar-refractivity contribution in [3.63, 3.8) is 0 Å². The number of rotatable bonds is 7. The molecule has 4 rings (SSSR count). The van der Waals surface area contributed by atoms with E-state index < -0.39 is 0 Å². The summed E-state index contributed by atoms with van der Waals surface area (Å²) in [7, 11) is 0. The Bertz CT molecular complexity index is 1290. The number of thiazole rings is 1. The van der Waals surface area contributed by atoms with Gasteiger partial charge in [-0.3, -0.25) is 4.79 Å². The van der Waals surface area contributed by atoms with E-state index in [-0.39, 0.29) is 5.56 Å². The highest BCUT2D eigenvalue weighted by molar-refractivity contribution is 7.15. The fraction of sp³-hybridized carbons (Fsp3) is 0.261. The van der Waals surface area contributed by atoms with E-state index in [0.717, 1.165) is 23.1 Å². The van der Waals surface area contributed by atoms with Crippen LogP contribution in [0, 0.1) is 6.92 Å². The van der Waals surface area contributed by atoms with E-state index in [4.69, 9.17) is 9.47 Å². The molecule has 0 atom stereocenters. The Hall–Kier alpha value is -3.19. The lowest BCUT2D eigenvalue weighted by atomic mass is 10.1. The molecule has 154 valence electrons. The van der Waals surface area contributed by atoms with Crippen molar-refractivity contribution in [3.05, 3.63) is 68.5 Å². The molecule has 0 aliphatic heterocycles. The zero-order valence-corrected chi connectivity index (χ0v) is 18.0. The number of ether oxygens (including phenoxy) is 2. The lowest BCUT2D eigenvalue weighted by molar-refractivity contribution is 0.277. The Morgan fingerprint density at radius 2 is 1.97 bits per heavy atom. The standard InChI is InChI=1S/C23H23N3O3S/c1-4-11-29-18-10-9-16(13-19(18)28-5-2)14-20-22(27)26-23(30-20)24-21(25-26)17-8-6-7-15(3)12-17/h6-10,12-14H,4-5,11H2,1-3H3/b20-14-. The zero-order chi connectivity index (χ0) is 21.1. The predicted octanol–water partition coefficient (Wildman–Crippen LogP) is 3.86. The first-order valence-electron chi connectivity index (χ1n) is 9.97. The lowest BCUT2D eigenvalue weighted by Crippen LogP contribution is -2.23. The van der Waals surface area contributed by atoms with Crippen LogP contribution in [-0.4, -0.2) is 27.8 Å². The molecule has 0 radical (unpaired) electrons. The molecule has 0 unspecified atom stereocenters. The number of fused-ring (bicyclic) bond motifs is 1. The van der Waals surface area contributed by atoms with Crippen molar-refractivity contribution >= 4 is 22.4 Å².